The summed E-state index contributed by atoms with van der Waals surface area (Å²) in [6, 6.07) is 3.71. The molecule has 1 saturated heterocycles. The number of hydrogen-bond acceptors (Lipinski definition) is 6. The van der Waals surface area contributed by atoms with E-state index < -0.39 is 0 Å². The average Bonchev–Trinajstić information content (AvgIpc) is 3.23. The number of amides is 1. The van der Waals surface area contributed by atoms with Crippen LogP contribution < -0.4 is 0 Å². The zero-order valence-corrected chi connectivity index (χ0v) is 13.1. The van der Waals surface area contributed by atoms with Gasteiger partial charge in [0.15, 0.2) is 0 Å². The van der Waals surface area contributed by atoms with Gasteiger partial charge in [-0.25, -0.2) is 0 Å². The Kier molecular flexibility index (Phi) is 4.79. The van der Waals surface area contributed by atoms with E-state index in [1.54, 1.807) is 6.20 Å². The lowest BCUT2D eigenvalue weighted by Crippen LogP contribution is -2.46. The van der Waals surface area contributed by atoms with Crippen LogP contribution in [0.5, 0.6) is 0 Å². The molecule has 0 aliphatic carbocycles. The molecule has 2 aromatic heterocycles. The third-order valence-corrected chi connectivity index (χ3v) is 4.30. The van der Waals surface area contributed by atoms with Crippen LogP contribution in [0.15, 0.2) is 28.0 Å². The van der Waals surface area contributed by atoms with E-state index in [1.165, 1.54) is 11.8 Å². The van der Waals surface area contributed by atoms with Gasteiger partial charge in [0, 0.05) is 19.3 Å². The number of morpholine rings is 1. The summed E-state index contributed by atoms with van der Waals surface area (Å²) in [4.78, 5) is 17.1. The van der Waals surface area contributed by atoms with Gasteiger partial charge in [-0.15, -0.1) is 10.2 Å². The minimum Gasteiger partial charge on any atom is -0.410 e. The second kappa shape index (κ2) is 6.97. The zero-order valence-electron chi connectivity index (χ0n) is 12.3. The highest BCUT2D eigenvalue weighted by Gasteiger charge is 2.23. The topological polar surface area (TPSA) is 84.3 Å². The van der Waals surface area contributed by atoms with Crippen molar-refractivity contribution in [3.63, 3.8) is 0 Å². The van der Waals surface area contributed by atoms with Gasteiger partial charge in [-0.2, -0.15) is 0 Å². The molecule has 22 heavy (non-hydrogen) atoms. The maximum atomic E-state index is 12.2. The monoisotopic (exact) mass is 322 g/mol. The predicted molar refractivity (Wildman–Crippen MR) is 81.4 cm³/mol. The molecule has 1 aliphatic heterocycles. The number of ether oxygens (including phenoxy) is 1. The van der Waals surface area contributed by atoms with Crippen molar-refractivity contribution in [2.75, 3.05) is 25.4 Å². The van der Waals surface area contributed by atoms with E-state index in [1.807, 2.05) is 17.0 Å². The summed E-state index contributed by atoms with van der Waals surface area (Å²) in [6.45, 7) is 3.97. The molecule has 1 atom stereocenters. The number of carbonyl (C=O) groups excluding carboxylic acids is 1. The molecule has 1 N–H and O–H groups in total. The minimum absolute atomic E-state index is 0.0753. The molecule has 0 radical (unpaired) electrons. The number of thioether (sulfide) groups is 1. The molecular formula is C14H18N4O3S. The fourth-order valence-electron chi connectivity index (χ4n) is 2.25. The molecule has 118 valence electrons. The molecule has 2 aromatic rings. The molecule has 8 heteroatoms. The summed E-state index contributed by atoms with van der Waals surface area (Å²) >= 11 is 1.26. The molecule has 0 spiro atoms. The lowest BCUT2D eigenvalue weighted by molar-refractivity contribution is -0.135. The van der Waals surface area contributed by atoms with Crippen molar-refractivity contribution < 1.29 is 13.9 Å². The average molecular weight is 322 g/mol. The smallest absolute Gasteiger partial charge is 0.277 e. The largest absolute Gasteiger partial charge is 0.410 e. The Labute approximate surface area is 132 Å². The summed E-state index contributed by atoms with van der Waals surface area (Å²) in [5, 5.41) is 8.31. The van der Waals surface area contributed by atoms with Gasteiger partial charge in [0.25, 0.3) is 11.1 Å². The second-order valence-corrected chi connectivity index (χ2v) is 5.91. The van der Waals surface area contributed by atoms with Gasteiger partial charge >= 0.3 is 0 Å². The van der Waals surface area contributed by atoms with Gasteiger partial charge in [-0.3, -0.25) is 4.79 Å². The van der Waals surface area contributed by atoms with Crippen LogP contribution in [0, 0.1) is 0 Å². The van der Waals surface area contributed by atoms with Crippen LogP contribution in [0.4, 0.5) is 0 Å². The second-order valence-electron chi connectivity index (χ2n) is 4.99. The van der Waals surface area contributed by atoms with E-state index >= 15 is 0 Å². The lowest BCUT2D eigenvalue weighted by atomic mass is 10.2. The SMILES string of the molecule is CCC1CN(C(=O)CSc2nnc(-c3ccc[nH]3)o2)CCO1. The van der Waals surface area contributed by atoms with Crippen LogP contribution in [0.2, 0.25) is 0 Å². The third kappa shape index (κ3) is 3.50. The van der Waals surface area contributed by atoms with Crippen LogP contribution in [-0.4, -0.2) is 57.5 Å². The van der Waals surface area contributed by atoms with Crippen molar-refractivity contribution in [1.82, 2.24) is 20.1 Å². The molecule has 0 bridgehead atoms. The van der Waals surface area contributed by atoms with Gasteiger partial charge in [0.2, 0.25) is 5.91 Å². The van der Waals surface area contributed by atoms with E-state index in [0.717, 1.165) is 12.1 Å². The van der Waals surface area contributed by atoms with Crippen LogP contribution in [0.1, 0.15) is 13.3 Å². The first-order valence-electron chi connectivity index (χ1n) is 7.25. The summed E-state index contributed by atoms with van der Waals surface area (Å²) in [7, 11) is 0. The molecular weight excluding hydrogens is 304 g/mol. The highest BCUT2D eigenvalue weighted by atomic mass is 32.2. The fourth-order valence-corrected chi connectivity index (χ4v) is 2.91. The Hall–Kier alpha value is -1.80. The molecule has 3 rings (SSSR count). The number of hydrogen-bond donors (Lipinski definition) is 1. The normalized spacial score (nSPS) is 18.6. The molecule has 0 saturated carbocycles. The van der Waals surface area contributed by atoms with Crippen molar-refractivity contribution >= 4 is 17.7 Å². The first-order chi connectivity index (χ1) is 10.8. The molecule has 7 nitrogen and oxygen atoms in total. The molecule has 1 aliphatic rings. The maximum absolute atomic E-state index is 12.2. The van der Waals surface area contributed by atoms with Crippen LogP contribution in [0.3, 0.4) is 0 Å². The number of aromatic nitrogens is 3. The Balaban J connectivity index is 1.53. The van der Waals surface area contributed by atoms with Gasteiger partial charge in [0.05, 0.1) is 18.5 Å². The van der Waals surface area contributed by atoms with Crippen molar-refractivity contribution in [3.05, 3.63) is 18.3 Å². The van der Waals surface area contributed by atoms with Crippen LogP contribution >= 0.6 is 11.8 Å². The molecule has 1 amide bonds. The summed E-state index contributed by atoms with van der Waals surface area (Å²) in [6.07, 6.45) is 2.85. The number of nitrogens with one attached hydrogen (secondary N) is 1. The molecule has 0 aromatic carbocycles. The van der Waals surface area contributed by atoms with Crippen molar-refractivity contribution in [2.24, 2.45) is 0 Å². The van der Waals surface area contributed by atoms with Gasteiger partial charge in [-0.1, -0.05) is 18.7 Å². The minimum atomic E-state index is 0.0753. The first-order valence-corrected chi connectivity index (χ1v) is 8.24. The summed E-state index contributed by atoms with van der Waals surface area (Å²) < 4.78 is 11.1. The first kappa shape index (κ1) is 15.1. The summed E-state index contributed by atoms with van der Waals surface area (Å²) in [5.41, 5.74) is 0.768. The Morgan fingerprint density at radius 1 is 1.55 bits per heavy atom. The van der Waals surface area contributed by atoms with E-state index in [0.29, 0.717) is 36.6 Å². The van der Waals surface area contributed by atoms with E-state index in [4.69, 9.17) is 9.15 Å². The standard InChI is InChI=1S/C14H18N4O3S/c1-2-10-8-18(6-7-20-10)12(19)9-22-14-17-16-13(21-14)11-4-3-5-15-11/h3-5,10,15H,2,6-9H2,1H3. The quantitative estimate of drug-likeness (QED) is 0.845. The van der Waals surface area contributed by atoms with E-state index in [2.05, 4.69) is 22.1 Å². The number of nitrogens with zero attached hydrogens (tertiary/aromatic N) is 3. The number of aromatic amines is 1. The summed E-state index contributed by atoms with van der Waals surface area (Å²) in [5.74, 6) is 0.798. The number of rotatable bonds is 5. The molecule has 3 heterocycles. The van der Waals surface area contributed by atoms with Gasteiger partial charge in [0.1, 0.15) is 5.69 Å². The highest BCUT2D eigenvalue weighted by Crippen LogP contribution is 2.22. The molecule has 1 unspecified atom stereocenters. The van der Waals surface area contributed by atoms with Gasteiger partial charge in [-0.05, 0) is 18.6 Å². The van der Waals surface area contributed by atoms with Crippen LogP contribution in [0.25, 0.3) is 11.6 Å². The Morgan fingerprint density at radius 2 is 2.45 bits per heavy atom. The Morgan fingerprint density at radius 3 is 3.23 bits per heavy atom. The number of H-pyrrole nitrogens is 1. The fraction of sp³-hybridized carbons (Fsp3) is 0.500. The van der Waals surface area contributed by atoms with Crippen molar-refractivity contribution in [2.45, 2.75) is 24.7 Å². The number of carbonyl (C=O) groups is 1. The molecule has 1 fully saturated rings. The predicted octanol–water partition coefficient (Wildman–Crippen LogP) is 1.79. The van der Waals surface area contributed by atoms with E-state index in [9.17, 15) is 4.79 Å². The van der Waals surface area contributed by atoms with Crippen molar-refractivity contribution in [3.8, 4) is 11.6 Å². The van der Waals surface area contributed by atoms with Crippen molar-refractivity contribution in [1.29, 1.82) is 0 Å². The van der Waals surface area contributed by atoms with Gasteiger partial charge < -0.3 is 19.0 Å². The third-order valence-electron chi connectivity index (χ3n) is 3.50. The maximum Gasteiger partial charge on any atom is 0.277 e. The zero-order chi connectivity index (χ0) is 15.4. The van der Waals surface area contributed by atoms with Crippen LogP contribution in [-0.2, 0) is 9.53 Å². The lowest BCUT2D eigenvalue weighted by Gasteiger charge is -2.32. The Bertz CT molecular complexity index is 613. The highest BCUT2D eigenvalue weighted by molar-refractivity contribution is 7.99. The van der Waals surface area contributed by atoms with E-state index in [-0.39, 0.29) is 12.0 Å².